The van der Waals surface area contributed by atoms with Gasteiger partial charge in [0.2, 0.25) is 18.3 Å². The Morgan fingerprint density at radius 2 is 1.36 bits per heavy atom. The summed E-state index contributed by atoms with van der Waals surface area (Å²) < 4.78 is 28.6. The predicted octanol–water partition coefficient (Wildman–Crippen LogP) is -1.12. The van der Waals surface area contributed by atoms with E-state index in [-0.39, 0.29) is 39.5 Å². The van der Waals surface area contributed by atoms with Crippen LogP contribution in [-0.4, -0.2) is 119 Å². The number of aliphatic hydroxyl groups excluding tert-OH is 7. The highest BCUT2D eigenvalue weighted by molar-refractivity contribution is 5.89. The summed E-state index contributed by atoms with van der Waals surface area (Å²) in [6, 6.07) is 7.37. The third kappa shape index (κ3) is 5.49. The molecular weight excluding hydrogens is 564 g/mol. The first kappa shape index (κ1) is 30.0. The first-order valence-corrected chi connectivity index (χ1v) is 12.9. The van der Waals surface area contributed by atoms with Gasteiger partial charge in [-0.2, -0.15) is 0 Å². The number of aromatic hydroxyl groups is 3. The molecule has 0 unspecified atom stereocenters. The van der Waals surface area contributed by atoms with E-state index in [9.17, 15) is 51.1 Å². The molecule has 2 aliphatic heterocycles. The molecule has 5 rings (SSSR count). The van der Waals surface area contributed by atoms with Crippen molar-refractivity contribution in [3.8, 4) is 40.1 Å². The maximum absolute atomic E-state index is 10.5. The Labute approximate surface area is 237 Å². The van der Waals surface area contributed by atoms with Crippen LogP contribution in [0.25, 0.3) is 22.3 Å². The minimum atomic E-state index is -1.77. The lowest BCUT2D eigenvalue weighted by Gasteiger charge is -2.39. The van der Waals surface area contributed by atoms with Crippen molar-refractivity contribution < 1.29 is 74.4 Å². The summed E-state index contributed by atoms with van der Waals surface area (Å²) in [6.07, 6.45) is -15.3. The molecule has 15 nitrogen and oxygen atoms in total. The van der Waals surface area contributed by atoms with E-state index in [2.05, 4.69) is 0 Å². The van der Waals surface area contributed by atoms with E-state index in [1.807, 2.05) is 0 Å². The van der Waals surface area contributed by atoms with Crippen molar-refractivity contribution in [3.63, 3.8) is 0 Å². The van der Waals surface area contributed by atoms with Crippen LogP contribution in [-0.2, 0) is 9.47 Å². The van der Waals surface area contributed by atoms with Crippen molar-refractivity contribution in [2.24, 2.45) is 0 Å². The van der Waals surface area contributed by atoms with E-state index in [4.69, 9.17) is 23.4 Å². The number of rotatable bonds is 6. The fourth-order valence-electron chi connectivity index (χ4n) is 4.75. The van der Waals surface area contributed by atoms with Gasteiger partial charge < -0.3 is 70.0 Å². The number of fused-ring (bicyclic) bond motifs is 1. The summed E-state index contributed by atoms with van der Waals surface area (Å²) in [5, 5.41) is 101. The number of hydrogen-bond donors (Lipinski definition) is 10. The number of phenols is 3. The second kappa shape index (κ2) is 11.6. The van der Waals surface area contributed by atoms with Crippen molar-refractivity contribution in [2.45, 2.75) is 68.3 Å². The zero-order chi connectivity index (χ0) is 30.5. The van der Waals surface area contributed by atoms with Crippen LogP contribution in [0, 0.1) is 0 Å². The van der Waals surface area contributed by atoms with Gasteiger partial charge in [0, 0.05) is 18.2 Å². The van der Waals surface area contributed by atoms with E-state index in [0.29, 0.717) is 0 Å². The van der Waals surface area contributed by atoms with Gasteiger partial charge in [-0.25, -0.2) is 4.42 Å². The fourth-order valence-corrected chi connectivity index (χ4v) is 4.75. The molecule has 15 heteroatoms. The zero-order valence-electron chi connectivity index (χ0n) is 22.0. The highest BCUT2D eigenvalue weighted by Gasteiger charge is 2.46. The lowest BCUT2D eigenvalue weighted by molar-refractivity contribution is -0.277. The lowest BCUT2D eigenvalue weighted by Crippen LogP contribution is -2.60. The molecule has 2 saturated heterocycles. The van der Waals surface area contributed by atoms with Gasteiger partial charge >= 0.3 is 11.3 Å². The second-order valence-corrected chi connectivity index (χ2v) is 10.1. The summed E-state index contributed by atoms with van der Waals surface area (Å²) in [5.41, 5.74) is 0.138. The third-order valence-corrected chi connectivity index (χ3v) is 7.18. The molecule has 42 heavy (non-hydrogen) atoms. The molecule has 0 spiro atoms. The van der Waals surface area contributed by atoms with Gasteiger partial charge in [-0.15, -0.1) is 0 Å². The largest absolute Gasteiger partial charge is 0.507 e. The number of hydrogen-bond acceptors (Lipinski definition) is 14. The maximum atomic E-state index is 10.5. The molecule has 2 aromatic carbocycles. The quantitative estimate of drug-likeness (QED) is 0.120. The van der Waals surface area contributed by atoms with E-state index >= 15 is 0 Å². The van der Waals surface area contributed by atoms with Gasteiger partial charge in [0.25, 0.3) is 0 Å². The van der Waals surface area contributed by atoms with Crippen LogP contribution < -0.4 is 9.47 Å². The lowest BCUT2D eigenvalue weighted by atomic mass is 9.99. The Morgan fingerprint density at radius 1 is 0.714 bits per heavy atom. The molecule has 1 aromatic heterocycles. The molecule has 10 atom stereocenters. The number of aliphatic hydroxyl groups is 7. The van der Waals surface area contributed by atoms with Gasteiger partial charge in [-0.1, -0.05) is 0 Å². The molecule has 0 amide bonds. The molecule has 3 heterocycles. The minimum absolute atomic E-state index is 0.0292. The van der Waals surface area contributed by atoms with Crippen molar-refractivity contribution in [2.75, 3.05) is 6.61 Å². The van der Waals surface area contributed by atoms with E-state index in [0.717, 1.165) is 12.1 Å². The molecule has 10 N–H and O–H groups in total. The number of ether oxygens (including phenoxy) is 4. The van der Waals surface area contributed by atoms with Crippen LogP contribution in [0.1, 0.15) is 6.92 Å². The molecule has 2 aliphatic rings. The van der Waals surface area contributed by atoms with Crippen molar-refractivity contribution in [1.29, 1.82) is 0 Å². The third-order valence-electron chi connectivity index (χ3n) is 7.18. The van der Waals surface area contributed by atoms with Crippen molar-refractivity contribution in [1.82, 2.24) is 0 Å². The summed E-state index contributed by atoms with van der Waals surface area (Å²) >= 11 is 0. The smallest absolute Gasteiger partial charge is 0.402 e. The van der Waals surface area contributed by atoms with Crippen LogP contribution >= 0.6 is 0 Å². The Hall–Kier alpha value is -3.51. The molecule has 2 fully saturated rings. The average Bonchev–Trinajstić information content (AvgIpc) is 2.96. The molecule has 0 saturated carbocycles. The summed E-state index contributed by atoms with van der Waals surface area (Å²) in [6.45, 7) is 0.749. The number of phenolic OH excluding ortho intramolecular Hbond substituents is 3. The Balaban J connectivity index is 1.61. The highest BCUT2D eigenvalue weighted by atomic mass is 16.7. The minimum Gasteiger partial charge on any atom is -0.507 e. The van der Waals surface area contributed by atoms with Crippen molar-refractivity contribution in [3.05, 3.63) is 36.4 Å². The van der Waals surface area contributed by atoms with Crippen LogP contribution in [0.15, 0.2) is 40.8 Å². The fraction of sp³-hybridized carbons (Fsp3) is 0.444. The molecule has 0 bridgehead atoms. The van der Waals surface area contributed by atoms with E-state index in [1.165, 1.54) is 31.2 Å². The van der Waals surface area contributed by atoms with E-state index in [1.54, 1.807) is 0 Å². The standard InChI is InChI=1S/C27H30O15/c1-9-19(32)21(34)23(36)26(38-9)41-17-7-12-15(39-25(17)10-2-3-13(30)14(31)4-10)5-11(29)6-16(12)40-27-24(37)22(35)20(33)18(8-28)42-27/h2-7,9,18-24,26-28,32-37H,8H2,1H3,(H2-,29,30,31)/p+1/t9-,18+,19-,20+,21+,22-,23-,24-,26-,27+/m0/s1. The first-order valence-electron chi connectivity index (χ1n) is 12.9. The summed E-state index contributed by atoms with van der Waals surface area (Å²) in [5.74, 6) is -1.71. The topological polar surface area (TPSA) is 251 Å². The molecule has 3 aromatic rings. The highest BCUT2D eigenvalue weighted by Crippen LogP contribution is 2.43. The van der Waals surface area contributed by atoms with Crippen LogP contribution in [0.2, 0.25) is 0 Å². The Bertz CT molecular complexity index is 1430. The monoisotopic (exact) mass is 595 g/mol. The van der Waals surface area contributed by atoms with Crippen LogP contribution in [0.4, 0.5) is 0 Å². The second-order valence-electron chi connectivity index (χ2n) is 10.1. The van der Waals surface area contributed by atoms with Gasteiger partial charge in [0.1, 0.15) is 59.6 Å². The average molecular weight is 596 g/mol. The van der Waals surface area contributed by atoms with Gasteiger partial charge in [0.15, 0.2) is 11.5 Å². The first-order chi connectivity index (χ1) is 19.9. The normalized spacial score (nSPS) is 33.4. The zero-order valence-corrected chi connectivity index (χ0v) is 22.0. The SMILES string of the molecule is C[C@@H]1O[C@@H](Oc2cc3c(O[C@@H]4O[C@H](CO)[C@@H](O)[C@H](O)[C@@H]4O)cc(O)cc3[o+]c2-c2ccc(O)c(O)c2)[C@@H](O)[C@H](O)[C@H]1O. The van der Waals surface area contributed by atoms with Crippen LogP contribution in [0.3, 0.4) is 0 Å². The summed E-state index contributed by atoms with van der Waals surface area (Å²) in [7, 11) is 0. The molecule has 0 aliphatic carbocycles. The summed E-state index contributed by atoms with van der Waals surface area (Å²) in [4.78, 5) is 0. The molecular formula is C27H31O15+. The molecule has 228 valence electrons. The maximum Gasteiger partial charge on any atom is 0.402 e. The van der Waals surface area contributed by atoms with Gasteiger partial charge in [0.05, 0.1) is 24.3 Å². The van der Waals surface area contributed by atoms with E-state index < -0.39 is 79.5 Å². The van der Waals surface area contributed by atoms with Crippen molar-refractivity contribution >= 4 is 11.0 Å². The van der Waals surface area contributed by atoms with Crippen LogP contribution in [0.5, 0.6) is 28.7 Å². The van der Waals surface area contributed by atoms with Gasteiger partial charge in [-0.3, -0.25) is 0 Å². The Morgan fingerprint density at radius 3 is 2.02 bits per heavy atom. The number of benzene rings is 2. The molecule has 0 radical (unpaired) electrons. The Kier molecular flexibility index (Phi) is 8.30. The van der Waals surface area contributed by atoms with Gasteiger partial charge in [-0.05, 0) is 19.1 Å². The predicted molar refractivity (Wildman–Crippen MR) is 138 cm³/mol.